The fraction of sp³-hybridized carbons (Fsp3) is 0. The predicted molar refractivity (Wildman–Crippen MR) is 52.9 cm³/mol. The molecule has 0 bridgehead atoms. The lowest BCUT2D eigenvalue weighted by Gasteiger charge is -2.02. The molecule has 1 aromatic heterocycles. The van der Waals surface area contributed by atoms with Crippen molar-refractivity contribution in [1.29, 1.82) is 0 Å². The number of non-ortho nitro benzene ring substituents is 1. The number of hydrogen-bond acceptors (Lipinski definition) is 6. The highest BCUT2D eigenvalue weighted by molar-refractivity contribution is 5.36. The normalized spacial score (nSPS) is 10.1. The number of benzene rings is 1. The van der Waals surface area contributed by atoms with Crippen molar-refractivity contribution in [2.75, 3.05) is 0 Å². The van der Waals surface area contributed by atoms with Crippen LogP contribution < -0.4 is 4.74 Å². The van der Waals surface area contributed by atoms with Crippen molar-refractivity contribution in [1.82, 2.24) is 15.0 Å². The van der Waals surface area contributed by atoms with Crippen LogP contribution in [-0.2, 0) is 0 Å². The summed E-state index contributed by atoms with van der Waals surface area (Å²) in [4.78, 5) is 18.7. The molecular formula is C9H4F2N4O3. The van der Waals surface area contributed by atoms with Gasteiger partial charge in [0.1, 0.15) is 5.75 Å². The third-order valence-corrected chi connectivity index (χ3v) is 1.82. The molecule has 0 saturated carbocycles. The Kier molecular flexibility index (Phi) is 3.04. The summed E-state index contributed by atoms with van der Waals surface area (Å²) >= 11 is 0. The van der Waals surface area contributed by atoms with Crippen molar-refractivity contribution >= 4 is 5.69 Å². The van der Waals surface area contributed by atoms with Crippen LogP contribution in [-0.4, -0.2) is 19.9 Å². The van der Waals surface area contributed by atoms with Gasteiger partial charge in [0.05, 0.1) is 4.92 Å². The molecule has 0 atom stereocenters. The maximum atomic E-state index is 12.6. The molecule has 0 amide bonds. The van der Waals surface area contributed by atoms with Gasteiger partial charge in [-0.25, -0.2) is 0 Å². The zero-order valence-corrected chi connectivity index (χ0v) is 8.58. The Bertz CT molecular complexity index is 571. The van der Waals surface area contributed by atoms with Crippen LogP contribution in [0.5, 0.6) is 11.8 Å². The van der Waals surface area contributed by atoms with E-state index in [0.717, 1.165) is 0 Å². The summed E-state index contributed by atoms with van der Waals surface area (Å²) in [6.07, 6.45) is -2.64. The van der Waals surface area contributed by atoms with Gasteiger partial charge >= 0.3 is 18.2 Å². The van der Waals surface area contributed by atoms with Gasteiger partial charge in [-0.15, -0.1) is 9.97 Å². The molecule has 1 heterocycles. The van der Waals surface area contributed by atoms with Crippen LogP contribution in [0.2, 0.25) is 0 Å². The number of rotatable bonds is 3. The zero-order chi connectivity index (χ0) is 13.1. The number of nitro benzene ring substituents is 1. The van der Waals surface area contributed by atoms with E-state index in [9.17, 15) is 18.9 Å². The molecular weight excluding hydrogens is 250 g/mol. The fourth-order valence-corrected chi connectivity index (χ4v) is 1.10. The molecule has 18 heavy (non-hydrogen) atoms. The molecule has 1 aromatic carbocycles. The minimum atomic E-state index is -1.32. The average molecular weight is 254 g/mol. The third kappa shape index (κ3) is 2.70. The van der Waals surface area contributed by atoms with Crippen LogP contribution in [0.15, 0.2) is 24.3 Å². The van der Waals surface area contributed by atoms with E-state index in [2.05, 4.69) is 15.0 Å². The minimum Gasteiger partial charge on any atom is -0.424 e. The molecule has 0 unspecified atom stereocenters. The van der Waals surface area contributed by atoms with Gasteiger partial charge in [0.25, 0.3) is 5.69 Å². The number of ether oxygens (including phenoxy) is 1. The Hall–Kier alpha value is -2.71. The third-order valence-electron chi connectivity index (χ3n) is 1.82. The Morgan fingerprint density at radius 2 is 1.61 bits per heavy atom. The standard InChI is InChI=1S/C9H4F2N4O3/c10-7-12-8(11)14-9(13-7)18-6-3-1-5(2-4-6)15(16)17/h1-4H. The molecule has 0 aliphatic carbocycles. The predicted octanol–water partition coefficient (Wildman–Crippen LogP) is 1.85. The van der Waals surface area contributed by atoms with Crippen LogP contribution in [0.3, 0.4) is 0 Å². The molecule has 2 rings (SSSR count). The van der Waals surface area contributed by atoms with Crippen LogP contribution in [0.1, 0.15) is 0 Å². The molecule has 0 radical (unpaired) electrons. The highest BCUT2D eigenvalue weighted by Gasteiger charge is 2.09. The summed E-state index contributed by atoms with van der Waals surface area (Å²) in [7, 11) is 0. The van der Waals surface area contributed by atoms with Crippen LogP contribution in [0.25, 0.3) is 0 Å². The molecule has 0 aliphatic rings. The first-order valence-electron chi connectivity index (χ1n) is 4.54. The smallest absolute Gasteiger partial charge is 0.330 e. The number of nitrogens with zero attached hydrogens (tertiary/aromatic N) is 4. The van der Waals surface area contributed by atoms with Gasteiger partial charge in [-0.05, 0) is 12.1 Å². The molecule has 2 aromatic rings. The average Bonchev–Trinajstić information content (AvgIpc) is 2.28. The van der Waals surface area contributed by atoms with E-state index in [4.69, 9.17) is 4.74 Å². The largest absolute Gasteiger partial charge is 0.424 e. The fourth-order valence-electron chi connectivity index (χ4n) is 1.10. The van der Waals surface area contributed by atoms with E-state index in [1.54, 1.807) is 0 Å². The second-order valence-electron chi connectivity index (χ2n) is 3.01. The van der Waals surface area contributed by atoms with Crippen molar-refractivity contribution in [3.63, 3.8) is 0 Å². The zero-order valence-electron chi connectivity index (χ0n) is 8.58. The molecule has 0 saturated heterocycles. The van der Waals surface area contributed by atoms with E-state index >= 15 is 0 Å². The Labute approximate surface area is 98.2 Å². The summed E-state index contributed by atoms with van der Waals surface area (Å²) < 4.78 is 30.2. The van der Waals surface area contributed by atoms with E-state index in [-0.39, 0.29) is 11.4 Å². The summed E-state index contributed by atoms with van der Waals surface area (Å²) in [5, 5.41) is 10.4. The van der Waals surface area contributed by atoms with Gasteiger partial charge < -0.3 is 4.74 Å². The summed E-state index contributed by atoms with van der Waals surface area (Å²) in [6.45, 7) is 0. The minimum absolute atomic E-state index is 0.102. The van der Waals surface area contributed by atoms with E-state index in [1.807, 2.05) is 0 Å². The Morgan fingerprint density at radius 3 is 2.11 bits per heavy atom. The lowest BCUT2D eigenvalue weighted by atomic mass is 10.3. The molecule has 92 valence electrons. The van der Waals surface area contributed by atoms with Crippen LogP contribution in [0.4, 0.5) is 14.5 Å². The number of halogens is 2. The topological polar surface area (TPSA) is 91.0 Å². The second-order valence-corrected chi connectivity index (χ2v) is 3.01. The first kappa shape index (κ1) is 11.8. The first-order valence-corrected chi connectivity index (χ1v) is 4.54. The highest BCUT2D eigenvalue weighted by Crippen LogP contribution is 2.21. The van der Waals surface area contributed by atoms with Gasteiger partial charge in [0.2, 0.25) is 0 Å². The SMILES string of the molecule is O=[N+]([O-])c1ccc(Oc2nc(F)nc(F)n2)cc1. The monoisotopic (exact) mass is 254 g/mol. The lowest BCUT2D eigenvalue weighted by molar-refractivity contribution is -0.384. The second kappa shape index (κ2) is 4.65. The molecule has 0 spiro atoms. The summed E-state index contributed by atoms with van der Waals surface area (Å²) in [6, 6.07) is 4.26. The number of hydrogen-bond donors (Lipinski definition) is 0. The summed E-state index contributed by atoms with van der Waals surface area (Å²) in [5.74, 6) is 0.102. The van der Waals surface area contributed by atoms with Crippen LogP contribution >= 0.6 is 0 Å². The van der Waals surface area contributed by atoms with E-state index in [1.165, 1.54) is 24.3 Å². The maximum absolute atomic E-state index is 12.6. The molecule has 9 heteroatoms. The molecule has 0 N–H and O–H groups in total. The highest BCUT2D eigenvalue weighted by atomic mass is 19.1. The molecule has 0 fully saturated rings. The number of nitro groups is 1. The first-order chi connectivity index (χ1) is 8.54. The molecule has 7 nitrogen and oxygen atoms in total. The van der Waals surface area contributed by atoms with Gasteiger partial charge in [-0.1, -0.05) is 0 Å². The van der Waals surface area contributed by atoms with Gasteiger partial charge in [0.15, 0.2) is 0 Å². The lowest BCUT2D eigenvalue weighted by Crippen LogP contribution is -2.01. The maximum Gasteiger partial charge on any atom is 0.330 e. The van der Waals surface area contributed by atoms with E-state index in [0.29, 0.717) is 0 Å². The Balaban J connectivity index is 2.20. The van der Waals surface area contributed by atoms with Crippen molar-refractivity contribution in [2.45, 2.75) is 0 Å². The van der Waals surface area contributed by atoms with Crippen LogP contribution in [0, 0.1) is 22.3 Å². The van der Waals surface area contributed by atoms with Gasteiger partial charge in [-0.3, -0.25) is 10.1 Å². The molecule has 0 aliphatic heterocycles. The van der Waals surface area contributed by atoms with Crippen molar-refractivity contribution in [2.24, 2.45) is 0 Å². The quantitative estimate of drug-likeness (QED) is 0.613. The van der Waals surface area contributed by atoms with E-state index < -0.39 is 23.1 Å². The van der Waals surface area contributed by atoms with Crippen molar-refractivity contribution in [3.8, 4) is 11.8 Å². The van der Waals surface area contributed by atoms with Gasteiger partial charge in [0, 0.05) is 12.1 Å². The Morgan fingerprint density at radius 1 is 1.06 bits per heavy atom. The van der Waals surface area contributed by atoms with Crippen molar-refractivity contribution < 1.29 is 18.4 Å². The van der Waals surface area contributed by atoms with Gasteiger partial charge in [-0.2, -0.15) is 13.8 Å². The summed E-state index contributed by atoms with van der Waals surface area (Å²) in [5.41, 5.74) is -0.143. The number of aromatic nitrogens is 3. The van der Waals surface area contributed by atoms with Crippen molar-refractivity contribution in [3.05, 3.63) is 46.5 Å².